The van der Waals surface area contributed by atoms with Crippen LogP contribution in [0.15, 0.2) is 42.6 Å². The van der Waals surface area contributed by atoms with Gasteiger partial charge in [0.25, 0.3) is 0 Å². The molecule has 2 nitrogen and oxygen atoms in total. The molecule has 1 heterocycles. The van der Waals surface area contributed by atoms with Crippen molar-refractivity contribution in [1.82, 2.24) is 4.98 Å². The lowest BCUT2D eigenvalue weighted by molar-refractivity contribution is 0.228. The second-order valence-electron chi connectivity index (χ2n) is 11.0. The maximum Gasteiger partial charge on any atom is 0.119 e. The Hall–Kier alpha value is -1.83. The smallest absolute Gasteiger partial charge is 0.119 e. The van der Waals surface area contributed by atoms with E-state index in [1.807, 2.05) is 0 Å². The van der Waals surface area contributed by atoms with Crippen molar-refractivity contribution in [3.05, 3.63) is 48.2 Å². The summed E-state index contributed by atoms with van der Waals surface area (Å²) < 4.78 is 6.05. The van der Waals surface area contributed by atoms with E-state index in [1.165, 1.54) is 114 Å². The molecule has 194 valence electrons. The van der Waals surface area contributed by atoms with Crippen LogP contribution in [0.4, 0.5) is 0 Å². The predicted molar refractivity (Wildman–Crippen MR) is 151 cm³/mol. The third-order valence-corrected chi connectivity index (χ3v) is 8.00. The Morgan fingerprint density at radius 1 is 0.686 bits per heavy atom. The van der Waals surface area contributed by atoms with Crippen LogP contribution >= 0.6 is 0 Å². The summed E-state index contributed by atoms with van der Waals surface area (Å²) in [5.74, 6) is 2.92. The number of aryl methyl sites for hydroxylation is 1. The van der Waals surface area contributed by atoms with Crippen LogP contribution < -0.4 is 4.74 Å². The van der Waals surface area contributed by atoms with Crippen LogP contribution in [0.5, 0.6) is 5.75 Å². The minimum Gasteiger partial charge on any atom is -0.494 e. The van der Waals surface area contributed by atoms with Gasteiger partial charge in [0.1, 0.15) is 5.75 Å². The average molecular weight is 478 g/mol. The van der Waals surface area contributed by atoms with Crippen molar-refractivity contribution in [2.45, 2.75) is 123 Å². The van der Waals surface area contributed by atoms with Crippen LogP contribution in [-0.4, -0.2) is 11.6 Å². The molecule has 1 aliphatic carbocycles. The van der Waals surface area contributed by atoms with E-state index in [1.54, 1.807) is 0 Å². The van der Waals surface area contributed by atoms with Crippen molar-refractivity contribution in [3.63, 3.8) is 0 Å². The van der Waals surface area contributed by atoms with E-state index < -0.39 is 0 Å². The van der Waals surface area contributed by atoms with E-state index in [0.717, 1.165) is 36.3 Å². The molecule has 2 aromatic rings. The zero-order valence-corrected chi connectivity index (χ0v) is 22.8. The number of aromatic nitrogens is 1. The minimum absolute atomic E-state index is 0.834. The number of nitrogens with zero attached hydrogens (tertiary/aromatic N) is 1. The van der Waals surface area contributed by atoms with Crippen LogP contribution in [0.3, 0.4) is 0 Å². The van der Waals surface area contributed by atoms with Gasteiger partial charge in [-0.1, -0.05) is 103 Å². The highest BCUT2D eigenvalue weighted by Crippen LogP contribution is 2.34. The summed E-state index contributed by atoms with van der Waals surface area (Å²) in [4.78, 5) is 4.72. The molecule has 2 heteroatoms. The van der Waals surface area contributed by atoms with Gasteiger partial charge in [-0.05, 0) is 73.4 Å². The van der Waals surface area contributed by atoms with Crippen molar-refractivity contribution in [3.8, 4) is 17.0 Å². The maximum atomic E-state index is 6.05. The first-order chi connectivity index (χ1) is 17.3. The van der Waals surface area contributed by atoms with Gasteiger partial charge in [-0.3, -0.25) is 4.98 Å². The van der Waals surface area contributed by atoms with Crippen LogP contribution in [-0.2, 0) is 6.42 Å². The number of ether oxygens (including phenoxy) is 1. The van der Waals surface area contributed by atoms with E-state index in [-0.39, 0.29) is 0 Å². The van der Waals surface area contributed by atoms with Crippen molar-refractivity contribution < 1.29 is 4.74 Å². The summed E-state index contributed by atoms with van der Waals surface area (Å²) in [6.45, 7) is 5.41. The lowest BCUT2D eigenvalue weighted by Crippen LogP contribution is -2.15. The Balaban J connectivity index is 1.29. The van der Waals surface area contributed by atoms with Gasteiger partial charge in [0.05, 0.1) is 12.3 Å². The average Bonchev–Trinajstić information content (AvgIpc) is 2.90. The van der Waals surface area contributed by atoms with Gasteiger partial charge >= 0.3 is 0 Å². The maximum absolute atomic E-state index is 6.05. The van der Waals surface area contributed by atoms with Crippen molar-refractivity contribution in [2.75, 3.05) is 6.61 Å². The van der Waals surface area contributed by atoms with Crippen molar-refractivity contribution >= 4 is 0 Å². The van der Waals surface area contributed by atoms with E-state index in [4.69, 9.17) is 9.72 Å². The van der Waals surface area contributed by atoms with E-state index in [2.05, 4.69) is 56.4 Å². The highest BCUT2D eigenvalue weighted by molar-refractivity contribution is 5.60. The highest BCUT2D eigenvalue weighted by atomic mass is 16.5. The van der Waals surface area contributed by atoms with Gasteiger partial charge in [-0.25, -0.2) is 0 Å². The molecule has 0 N–H and O–H groups in total. The number of hydrogen-bond acceptors (Lipinski definition) is 2. The molecule has 1 aromatic heterocycles. The molecule has 0 unspecified atom stereocenters. The number of benzene rings is 1. The second kappa shape index (κ2) is 16.8. The minimum atomic E-state index is 0.834. The van der Waals surface area contributed by atoms with Crippen LogP contribution in [0.2, 0.25) is 0 Å². The molecule has 0 bridgehead atoms. The molecule has 1 aliphatic rings. The third kappa shape index (κ3) is 10.8. The van der Waals surface area contributed by atoms with Crippen LogP contribution in [0, 0.1) is 11.8 Å². The van der Waals surface area contributed by atoms with Gasteiger partial charge < -0.3 is 4.74 Å². The molecule has 0 amide bonds. The molecule has 3 rings (SSSR count). The molecule has 1 aromatic carbocycles. The zero-order valence-electron chi connectivity index (χ0n) is 22.8. The Labute approximate surface area is 216 Å². The largest absolute Gasteiger partial charge is 0.494 e. The van der Waals surface area contributed by atoms with Crippen molar-refractivity contribution in [1.29, 1.82) is 0 Å². The fraction of sp³-hybridized carbons (Fsp3) is 0.667. The lowest BCUT2D eigenvalue weighted by Gasteiger charge is -2.28. The molecule has 0 aliphatic heterocycles. The molecule has 1 saturated carbocycles. The summed E-state index contributed by atoms with van der Waals surface area (Å²) in [5, 5.41) is 0. The Morgan fingerprint density at radius 2 is 1.31 bits per heavy atom. The summed E-state index contributed by atoms with van der Waals surface area (Å²) >= 11 is 0. The van der Waals surface area contributed by atoms with Crippen LogP contribution in [0.25, 0.3) is 11.3 Å². The fourth-order valence-corrected chi connectivity index (χ4v) is 5.63. The van der Waals surface area contributed by atoms with Gasteiger partial charge in [-0.2, -0.15) is 0 Å². The Morgan fingerprint density at radius 3 is 1.97 bits per heavy atom. The number of rotatable bonds is 17. The summed E-state index contributed by atoms with van der Waals surface area (Å²) in [6.07, 6.45) is 25.3. The third-order valence-electron chi connectivity index (χ3n) is 8.00. The summed E-state index contributed by atoms with van der Waals surface area (Å²) in [7, 11) is 0. The van der Waals surface area contributed by atoms with Crippen molar-refractivity contribution in [2.24, 2.45) is 11.8 Å². The second-order valence-corrected chi connectivity index (χ2v) is 11.0. The summed E-state index contributed by atoms with van der Waals surface area (Å²) in [6, 6.07) is 12.9. The van der Waals surface area contributed by atoms with Gasteiger partial charge in [0.2, 0.25) is 0 Å². The molecule has 0 spiro atoms. The lowest BCUT2D eigenvalue weighted by atomic mass is 9.78. The molecular formula is C33H51NO. The summed E-state index contributed by atoms with van der Waals surface area (Å²) in [5.41, 5.74) is 3.57. The molecule has 0 saturated heterocycles. The first-order valence-electron chi connectivity index (χ1n) is 15.0. The SMILES string of the molecule is CCCCCCCCc1ccc(-c2ccc(OCCCC3CCC(CCCCC)CC3)cc2)nc1. The first-order valence-corrected chi connectivity index (χ1v) is 15.0. The van der Waals surface area contributed by atoms with Gasteiger partial charge in [0, 0.05) is 11.8 Å². The number of pyridine rings is 1. The van der Waals surface area contributed by atoms with Gasteiger partial charge in [-0.15, -0.1) is 0 Å². The topological polar surface area (TPSA) is 22.1 Å². The Bertz CT molecular complexity index is 774. The zero-order chi connectivity index (χ0) is 24.6. The van der Waals surface area contributed by atoms with Crippen LogP contribution in [0.1, 0.15) is 122 Å². The van der Waals surface area contributed by atoms with E-state index in [9.17, 15) is 0 Å². The molecule has 1 fully saturated rings. The Kier molecular flexibility index (Phi) is 13.3. The highest BCUT2D eigenvalue weighted by Gasteiger charge is 2.20. The molecule has 0 radical (unpaired) electrons. The first kappa shape index (κ1) is 27.8. The number of unbranched alkanes of at least 4 members (excludes halogenated alkanes) is 7. The molecule has 0 atom stereocenters. The quantitative estimate of drug-likeness (QED) is 0.211. The normalized spacial score (nSPS) is 18.0. The molecule has 35 heavy (non-hydrogen) atoms. The molecular weight excluding hydrogens is 426 g/mol. The number of hydrogen-bond donors (Lipinski definition) is 0. The van der Waals surface area contributed by atoms with E-state index >= 15 is 0 Å². The standard InChI is InChI=1S/C33H51NO/c1-3-5-7-8-9-11-14-30-20-25-33(34-27-30)31-21-23-32(24-22-31)35-26-12-15-29-18-16-28(17-19-29)13-10-6-4-2/h20-25,27-29H,3-19,26H2,1-2H3. The van der Waals surface area contributed by atoms with E-state index in [0.29, 0.717) is 0 Å². The van der Waals surface area contributed by atoms with Gasteiger partial charge in [0.15, 0.2) is 0 Å². The fourth-order valence-electron chi connectivity index (χ4n) is 5.63. The monoisotopic (exact) mass is 477 g/mol. The predicted octanol–water partition coefficient (Wildman–Crippen LogP) is 10.2.